The zero-order chi connectivity index (χ0) is 9.52. The Hall–Kier alpha value is -0.0700. The molecule has 0 spiro atoms. The van der Waals surface area contributed by atoms with Crippen molar-refractivity contribution in [2.75, 3.05) is 30.3 Å². The molecular formula is C7H15N3OS2. The number of oxime groups is 1. The smallest absolute Gasteiger partial charge is 0.153 e. The largest absolute Gasteiger partial charge is 0.409 e. The first-order chi connectivity index (χ1) is 6.33. The van der Waals surface area contributed by atoms with Gasteiger partial charge >= 0.3 is 0 Å². The second-order valence-electron chi connectivity index (χ2n) is 2.79. The van der Waals surface area contributed by atoms with Crippen molar-refractivity contribution in [2.45, 2.75) is 5.25 Å². The zero-order valence-corrected chi connectivity index (χ0v) is 9.03. The summed E-state index contributed by atoms with van der Waals surface area (Å²) >= 11 is 3.99. The molecule has 76 valence electrons. The minimum atomic E-state index is 0.244. The molecule has 4 N–H and O–H groups in total. The van der Waals surface area contributed by atoms with E-state index in [1.807, 2.05) is 23.5 Å². The van der Waals surface area contributed by atoms with Gasteiger partial charge in [0.05, 0.1) is 6.54 Å². The highest BCUT2D eigenvalue weighted by atomic mass is 32.2. The van der Waals surface area contributed by atoms with Crippen LogP contribution >= 0.6 is 23.5 Å². The molecule has 0 saturated carbocycles. The summed E-state index contributed by atoms with van der Waals surface area (Å²) in [5.41, 5.74) is 5.31. The van der Waals surface area contributed by atoms with Crippen molar-refractivity contribution < 1.29 is 5.21 Å². The number of amidine groups is 1. The highest BCUT2D eigenvalue weighted by Crippen LogP contribution is 2.22. The lowest BCUT2D eigenvalue weighted by molar-refractivity contribution is 0.317. The van der Waals surface area contributed by atoms with Crippen molar-refractivity contribution in [3.8, 4) is 0 Å². The Morgan fingerprint density at radius 3 is 3.08 bits per heavy atom. The first-order valence-electron chi connectivity index (χ1n) is 4.19. The number of nitrogens with one attached hydrogen (secondary N) is 1. The standard InChI is InChI=1S/C7H15N3OS2/c8-7(10-11)4-9-3-6-5-12-1-2-13-6/h6,9,11H,1-5H2,(H2,8,10). The summed E-state index contributed by atoms with van der Waals surface area (Å²) in [7, 11) is 0. The molecule has 1 unspecified atom stereocenters. The Labute approximate surface area is 86.7 Å². The van der Waals surface area contributed by atoms with E-state index in [4.69, 9.17) is 10.9 Å². The van der Waals surface area contributed by atoms with Crippen molar-refractivity contribution in [1.82, 2.24) is 5.32 Å². The van der Waals surface area contributed by atoms with E-state index >= 15 is 0 Å². The van der Waals surface area contributed by atoms with Gasteiger partial charge in [-0.3, -0.25) is 0 Å². The van der Waals surface area contributed by atoms with E-state index < -0.39 is 0 Å². The number of hydrogen-bond acceptors (Lipinski definition) is 5. The molecule has 1 aliphatic heterocycles. The maximum atomic E-state index is 8.29. The Balaban J connectivity index is 2.04. The number of nitrogens with zero attached hydrogens (tertiary/aromatic N) is 1. The van der Waals surface area contributed by atoms with Gasteiger partial charge in [-0.05, 0) is 0 Å². The second-order valence-corrected chi connectivity index (χ2v) is 5.35. The van der Waals surface area contributed by atoms with Crippen LogP contribution < -0.4 is 11.1 Å². The van der Waals surface area contributed by atoms with Crippen molar-refractivity contribution in [3.05, 3.63) is 0 Å². The predicted molar refractivity (Wildman–Crippen MR) is 59.8 cm³/mol. The first kappa shape index (κ1) is 11.0. The highest BCUT2D eigenvalue weighted by molar-refractivity contribution is 8.06. The van der Waals surface area contributed by atoms with Gasteiger partial charge < -0.3 is 16.3 Å². The lowest BCUT2D eigenvalue weighted by atomic mass is 10.4. The van der Waals surface area contributed by atoms with E-state index in [9.17, 15) is 0 Å². The van der Waals surface area contributed by atoms with Crippen LogP contribution in [0.2, 0.25) is 0 Å². The lowest BCUT2D eigenvalue weighted by Gasteiger charge is -2.20. The molecule has 13 heavy (non-hydrogen) atoms. The zero-order valence-electron chi connectivity index (χ0n) is 7.40. The van der Waals surface area contributed by atoms with Gasteiger partial charge in [0.15, 0.2) is 5.84 Å². The summed E-state index contributed by atoms with van der Waals surface area (Å²) in [6, 6.07) is 0. The Bertz CT molecular complexity index is 171. The quantitative estimate of drug-likeness (QED) is 0.273. The van der Waals surface area contributed by atoms with Crippen LogP contribution in [0.4, 0.5) is 0 Å². The van der Waals surface area contributed by atoms with Crippen molar-refractivity contribution in [2.24, 2.45) is 10.9 Å². The molecule has 1 fully saturated rings. The Morgan fingerprint density at radius 1 is 1.62 bits per heavy atom. The SMILES string of the molecule is NC(CNCC1CSCCS1)=NO. The fraction of sp³-hybridized carbons (Fsp3) is 0.857. The molecule has 1 heterocycles. The maximum absolute atomic E-state index is 8.29. The minimum absolute atomic E-state index is 0.244. The third-order valence-corrected chi connectivity index (χ3v) is 4.54. The summed E-state index contributed by atoms with van der Waals surface area (Å²) in [5, 5.41) is 15.0. The van der Waals surface area contributed by atoms with Gasteiger partial charge in [0.2, 0.25) is 0 Å². The van der Waals surface area contributed by atoms with Crippen LogP contribution in [0.3, 0.4) is 0 Å². The first-order valence-corrected chi connectivity index (χ1v) is 6.39. The van der Waals surface area contributed by atoms with Crippen molar-refractivity contribution in [1.29, 1.82) is 0 Å². The van der Waals surface area contributed by atoms with Crippen LogP contribution in [0.15, 0.2) is 5.16 Å². The fourth-order valence-corrected chi connectivity index (χ4v) is 3.70. The molecule has 1 rings (SSSR count). The van der Waals surface area contributed by atoms with Gasteiger partial charge in [-0.25, -0.2) is 0 Å². The molecule has 0 radical (unpaired) electrons. The third-order valence-electron chi connectivity index (χ3n) is 1.69. The topological polar surface area (TPSA) is 70.6 Å². The molecule has 0 aromatic rings. The van der Waals surface area contributed by atoms with Crippen molar-refractivity contribution >= 4 is 29.4 Å². The van der Waals surface area contributed by atoms with Crippen LogP contribution in [0, 0.1) is 0 Å². The van der Waals surface area contributed by atoms with E-state index in [2.05, 4.69) is 10.5 Å². The summed E-state index contributed by atoms with van der Waals surface area (Å²) in [5.74, 6) is 3.95. The van der Waals surface area contributed by atoms with Crippen LogP contribution in [0.25, 0.3) is 0 Å². The molecule has 1 saturated heterocycles. The van der Waals surface area contributed by atoms with E-state index in [0.717, 1.165) is 6.54 Å². The van der Waals surface area contributed by atoms with Gasteiger partial charge in [-0.1, -0.05) is 5.16 Å². The summed E-state index contributed by atoms with van der Waals surface area (Å²) < 4.78 is 0. The van der Waals surface area contributed by atoms with Gasteiger partial charge in [0.1, 0.15) is 0 Å². The maximum Gasteiger partial charge on any atom is 0.153 e. The van der Waals surface area contributed by atoms with E-state index in [-0.39, 0.29) is 5.84 Å². The molecule has 0 aromatic heterocycles. The highest BCUT2D eigenvalue weighted by Gasteiger charge is 2.13. The summed E-state index contributed by atoms with van der Waals surface area (Å²) in [4.78, 5) is 0. The second kappa shape index (κ2) is 6.39. The molecule has 1 atom stereocenters. The molecule has 6 heteroatoms. The van der Waals surface area contributed by atoms with E-state index in [0.29, 0.717) is 11.8 Å². The predicted octanol–water partition coefficient (Wildman–Crippen LogP) is 0.171. The molecule has 0 amide bonds. The van der Waals surface area contributed by atoms with Crippen LogP contribution in [0.5, 0.6) is 0 Å². The van der Waals surface area contributed by atoms with Crippen LogP contribution in [-0.2, 0) is 0 Å². The van der Waals surface area contributed by atoms with Gasteiger partial charge in [-0.15, -0.1) is 0 Å². The minimum Gasteiger partial charge on any atom is -0.409 e. The van der Waals surface area contributed by atoms with E-state index in [1.54, 1.807) is 0 Å². The van der Waals surface area contributed by atoms with Gasteiger partial charge in [0, 0.05) is 29.1 Å². The Morgan fingerprint density at radius 2 is 2.46 bits per heavy atom. The average Bonchev–Trinajstić information content (AvgIpc) is 2.19. The number of rotatable bonds is 4. The number of nitrogens with two attached hydrogens (primary N) is 1. The fourth-order valence-electron chi connectivity index (χ4n) is 1.05. The molecule has 0 bridgehead atoms. The van der Waals surface area contributed by atoms with Crippen molar-refractivity contribution in [3.63, 3.8) is 0 Å². The van der Waals surface area contributed by atoms with Crippen LogP contribution in [0.1, 0.15) is 0 Å². The number of hydrogen-bond donors (Lipinski definition) is 3. The molecular weight excluding hydrogens is 206 g/mol. The lowest BCUT2D eigenvalue weighted by Crippen LogP contribution is -2.35. The van der Waals surface area contributed by atoms with Gasteiger partial charge in [0.25, 0.3) is 0 Å². The number of thioether (sulfide) groups is 2. The monoisotopic (exact) mass is 221 g/mol. The molecule has 1 aliphatic rings. The third kappa shape index (κ3) is 4.64. The molecule has 0 aliphatic carbocycles. The normalized spacial score (nSPS) is 24.6. The van der Waals surface area contributed by atoms with Crippen LogP contribution in [-0.4, -0.2) is 46.6 Å². The van der Waals surface area contributed by atoms with Gasteiger partial charge in [-0.2, -0.15) is 23.5 Å². The summed E-state index contributed by atoms with van der Waals surface area (Å²) in [6.45, 7) is 1.41. The Kier molecular flexibility index (Phi) is 5.41. The average molecular weight is 221 g/mol. The summed E-state index contributed by atoms with van der Waals surface area (Å²) in [6.07, 6.45) is 0. The molecule has 4 nitrogen and oxygen atoms in total. The van der Waals surface area contributed by atoms with E-state index in [1.165, 1.54) is 17.3 Å². The molecule has 0 aromatic carbocycles.